The molecule has 0 N–H and O–H groups in total. The minimum Gasteiger partial charge on any atom is -0.633 e. The van der Waals surface area contributed by atoms with Gasteiger partial charge >= 0.3 is 5.97 Å². The molecule has 4 heteroatoms. The predicted octanol–water partition coefficient (Wildman–Crippen LogP) is 4.67. The zero-order valence-corrected chi connectivity index (χ0v) is 17.0. The van der Waals surface area contributed by atoms with E-state index in [0.29, 0.717) is 12.8 Å². The van der Waals surface area contributed by atoms with E-state index in [1.807, 2.05) is 50.2 Å². The molecule has 2 aromatic rings. The van der Waals surface area contributed by atoms with Gasteiger partial charge in [0.15, 0.2) is 0 Å². The van der Waals surface area contributed by atoms with Crippen LogP contribution >= 0.6 is 0 Å². The van der Waals surface area contributed by atoms with Gasteiger partial charge in [0.1, 0.15) is 6.10 Å². The summed E-state index contributed by atoms with van der Waals surface area (Å²) in [7, 11) is 3.33. The molecule has 0 saturated carbocycles. The van der Waals surface area contributed by atoms with Gasteiger partial charge < -0.3 is 14.6 Å². The van der Waals surface area contributed by atoms with Crippen LogP contribution in [0.3, 0.4) is 0 Å². The molecule has 2 rings (SSSR count). The second-order valence-corrected chi connectivity index (χ2v) is 7.70. The number of rotatable bonds is 8. The molecule has 0 spiro atoms. The number of hydroxylamine groups is 3. The van der Waals surface area contributed by atoms with Gasteiger partial charge in [0.25, 0.3) is 0 Å². The third-order valence-corrected chi connectivity index (χ3v) is 5.49. The summed E-state index contributed by atoms with van der Waals surface area (Å²) in [6, 6.07) is 20.0. The first-order chi connectivity index (χ1) is 12.7. The van der Waals surface area contributed by atoms with E-state index in [2.05, 4.69) is 24.3 Å². The molecule has 0 amide bonds. The van der Waals surface area contributed by atoms with Gasteiger partial charge in [-0.05, 0) is 24.5 Å². The van der Waals surface area contributed by atoms with Crippen molar-refractivity contribution >= 4 is 5.97 Å². The Bertz CT molecular complexity index is 683. The van der Waals surface area contributed by atoms with Gasteiger partial charge in [-0.1, -0.05) is 67.6 Å². The third-order valence-electron chi connectivity index (χ3n) is 5.49. The summed E-state index contributed by atoms with van der Waals surface area (Å²) in [6.45, 7) is 5.44. The molecular formula is C23H31NO3. The smallest absolute Gasteiger partial charge is 0.302 e. The summed E-state index contributed by atoms with van der Waals surface area (Å²) in [5.41, 5.74) is 1.52. The van der Waals surface area contributed by atoms with Crippen LogP contribution in [-0.2, 0) is 14.9 Å². The van der Waals surface area contributed by atoms with E-state index in [1.54, 1.807) is 14.1 Å². The molecule has 0 bridgehead atoms. The zero-order chi connectivity index (χ0) is 20.1. The molecule has 0 radical (unpaired) electrons. The number of esters is 1. The second kappa shape index (κ2) is 8.68. The molecule has 0 unspecified atom stereocenters. The maximum Gasteiger partial charge on any atom is 0.302 e. The summed E-state index contributed by atoms with van der Waals surface area (Å²) in [5.74, 6) is -0.304. The van der Waals surface area contributed by atoms with Crippen LogP contribution in [0.4, 0.5) is 0 Å². The van der Waals surface area contributed by atoms with Gasteiger partial charge in [-0.3, -0.25) is 4.79 Å². The van der Waals surface area contributed by atoms with Gasteiger partial charge in [0.2, 0.25) is 0 Å². The number of hydrogen-bond donors (Lipinski definition) is 0. The summed E-state index contributed by atoms with van der Waals surface area (Å²) >= 11 is 0. The molecule has 27 heavy (non-hydrogen) atoms. The molecule has 0 aliphatic heterocycles. The molecule has 2 atom stereocenters. The van der Waals surface area contributed by atoms with Crippen LogP contribution in [0.25, 0.3) is 0 Å². The van der Waals surface area contributed by atoms with Crippen LogP contribution in [-0.4, -0.2) is 36.9 Å². The average molecular weight is 370 g/mol. The quantitative estimate of drug-likeness (QED) is 0.386. The standard InChI is InChI=1S/C23H31NO3/c1-6-22(27-19(3)25)23(17-18(2)24(4,5)26,20-13-9-7-10-14-20)21-15-11-8-12-16-21/h7-16,18,22H,6,17H2,1-5H3/t18-,22-/m0/s1. The first-order valence-electron chi connectivity index (χ1n) is 9.54. The van der Waals surface area contributed by atoms with Crippen LogP contribution in [0, 0.1) is 5.21 Å². The van der Waals surface area contributed by atoms with Crippen LogP contribution < -0.4 is 0 Å². The van der Waals surface area contributed by atoms with Crippen LogP contribution in [0.5, 0.6) is 0 Å². The van der Waals surface area contributed by atoms with Crippen LogP contribution in [0.1, 0.15) is 44.7 Å². The lowest BCUT2D eigenvalue weighted by molar-refractivity contribution is -0.865. The van der Waals surface area contributed by atoms with Crippen molar-refractivity contribution in [1.29, 1.82) is 0 Å². The van der Waals surface area contributed by atoms with E-state index in [-0.39, 0.29) is 18.1 Å². The number of nitrogens with zero attached hydrogens (tertiary/aromatic N) is 1. The maximum atomic E-state index is 12.7. The number of quaternary nitrogens is 1. The van der Waals surface area contributed by atoms with E-state index in [1.165, 1.54) is 6.92 Å². The summed E-state index contributed by atoms with van der Waals surface area (Å²) in [5, 5.41) is 12.7. The van der Waals surface area contributed by atoms with Gasteiger partial charge in [0.05, 0.1) is 25.6 Å². The van der Waals surface area contributed by atoms with Gasteiger partial charge in [0, 0.05) is 13.3 Å². The Kier molecular flexibility index (Phi) is 6.79. The third kappa shape index (κ3) is 4.76. The van der Waals surface area contributed by atoms with Gasteiger partial charge in [-0.25, -0.2) is 0 Å². The van der Waals surface area contributed by atoms with Crippen molar-refractivity contribution in [2.45, 2.75) is 51.2 Å². The fraction of sp³-hybridized carbons (Fsp3) is 0.435. The molecule has 2 aromatic carbocycles. The molecule has 0 fully saturated rings. The Hall–Kier alpha value is -2.17. The molecule has 0 heterocycles. The minimum absolute atomic E-state index is 0.185. The Labute approximate surface area is 162 Å². The molecule has 146 valence electrons. The summed E-state index contributed by atoms with van der Waals surface area (Å²) < 4.78 is 5.43. The normalized spacial score (nSPS) is 14.4. The first-order valence-corrected chi connectivity index (χ1v) is 9.54. The summed E-state index contributed by atoms with van der Waals surface area (Å²) in [6.07, 6.45) is 0.861. The van der Waals surface area contributed by atoms with E-state index in [0.717, 1.165) is 11.1 Å². The maximum absolute atomic E-state index is 12.7. The second-order valence-electron chi connectivity index (χ2n) is 7.70. The fourth-order valence-corrected chi connectivity index (χ4v) is 3.80. The SMILES string of the molecule is CC[C@H](OC(C)=O)C(C[C@H](C)[N+](C)(C)[O-])(c1ccccc1)c1ccccc1. The van der Waals surface area contributed by atoms with Crippen molar-refractivity contribution in [2.24, 2.45) is 0 Å². The largest absolute Gasteiger partial charge is 0.633 e. The highest BCUT2D eigenvalue weighted by molar-refractivity contribution is 5.66. The molecule has 0 aromatic heterocycles. The Morgan fingerprint density at radius 1 is 1.04 bits per heavy atom. The number of hydrogen-bond acceptors (Lipinski definition) is 3. The van der Waals surface area contributed by atoms with Crippen molar-refractivity contribution in [1.82, 2.24) is 0 Å². The number of ether oxygens (including phenoxy) is 1. The van der Waals surface area contributed by atoms with E-state index >= 15 is 0 Å². The highest BCUT2D eigenvalue weighted by Gasteiger charge is 2.46. The van der Waals surface area contributed by atoms with Crippen molar-refractivity contribution < 1.29 is 14.2 Å². The fourth-order valence-electron chi connectivity index (χ4n) is 3.80. The van der Waals surface area contributed by atoms with Crippen molar-refractivity contribution in [3.05, 3.63) is 77.0 Å². The van der Waals surface area contributed by atoms with E-state index in [4.69, 9.17) is 4.74 Å². The number of carbonyl (C=O) groups is 1. The number of carbonyl (C=O) groups excluding carboxylic acids is 1. The Morgan fingerprint density at radius 2 is 1.48 bits per heavy atom. The molecule has 0 aliphatic carbocycles. The summed E-state index contributed by atoms with van der Waals surface area (Å²) in [4.78, 5) is 11.9. The topological polar surface area (TPSA) is 49.4 Å². The van der Waals surface area contributed by atoms with Crippen molar-refractivity contribution in [3.8, 4) is 0 Å². The van der Waals surface area contributed by atoms with Gasteiger partial charge in [-0.2, -0.15) is 0 Å². The lowest BCUT2D eigenvalue weighted by Crippen LogP contribution is -2.51. The predicted molar refractivity (Wildman–Crippen MR) is 109 cm³/mol. The monoisotopic (exact) mass is 369 g/mol. The number of benzene rings is 2. The highest BCUT2D eigenvalue weighted by atomic mass is 16.5. The zero-order valence-electron chi connectivity index (χ0n) is 17.0. The molecule has 0 saturated heterocycles. The van der Waals surface area contributed by atoms with E-state index in [9.17, 15) is 10.0 Å². The van der Waals surface area contributed by atoms with Crippen LogP contribution in [0.15, 0.2) is 60.7 Å². The molecular weight excluding hydrogens is 338 g/mol. The molecule has 0 aliphatic rings. The Morgan fingerprint density at radius 3 is 1.81 bits per heavy atom. The van der Waals surface area contributed by atoms with Crippen LogP contribution in [0.2, 0.25) is 0 Å². The van der Waals surface area contributed by atoms with Crippen molar-refractivity contribution in [2.75, 3.05) is 14.1 Å². The molecule has 4 nitrogen and oxygen atoms in total. The highest BCUT2D eigenvalue weighted by Crippen LogP contribution is 2.43. The van der Waals surface area contributed by atoms with Crippen molar-refractivity contribution in [3.63, 3.8) is 0 Å². The minimum atomic E-state index is -0.595. The van der Waals surface area contributed by atoms with Gasteiger partial charge in [-0.15, -0.1) is 0 Å². The van der Waals surface area contributed by atoms with E-state index < -0.39 is 10.1 Å². The lowest BCUT2D eigenvalue weighted by atomic mass is 9.65. The Balaban J connectivity index is 2.74. The first kappa shape index (κ1) is 21.1. The lowest BCUT2D eigenvalue weighted by Gasteiger charge is -2.47. The average Bonchev–Trinajstić information content (AvgIpc) is 2.64.